The summed E-state index contributed by atoms with van der Waals surface area (Å²) in [6.07, 6.45) is 0. The largest absolute Gasteiger partial charge is 0.463 e. The molecular weight excluding hydrogens is 341 g/mol. The van der Waals surface area contributed by atoms with E-state index < -0.39 is 35.7 Å². The predicted octanol–water partition coefficient (Wildman–Crippen LogP) is 1.81. The molecule has 0 bridgehead atoms. The van der Waals surface area contributed by atoms with Gasteiger partial charge < -0.3 is 15.1 Å². The molecule has 2 N–H and O–H groups in total. The zero-order chi connectivity index (χ0) is 18.9. The van der Waals surface area contributed by atoms with Gasteiger partial charge in [0.05, 0.1) is 0 Å². The number of halogens is 1. The van der Waals surface area contributed by atoms with Gasteiger partial charge in [0.15, 0.2) is 5.54 Å². The minimum absolute atomic E-state index is 0.0379. The maximum atomic E-state index is 13.6. The molecule has 2 aromatic rings. The van der Waals surface area contributed by atoms with E-state index in [9.17, 15) is 18.8 Å². The van der Waals surface area contributed by atoms with Crippen molar-refractivity contribution in [1.82, 2.24) is 15.5 Å². The number of furan rings is 1. The van der Waals surface area contributed by atoms with Crippen LogP contribution in [0.2, 0.25) is 0 Å². The summed E-state index contributed by atoms with van der Waals surface area (Å²) >= 11 is 0. The number of nitrogens with one attached hydrogen (secondary N) is 2. The van der Waals surface area contributed by atoms with Crippen LogP contribution < -0.4 is 10.6 Å². The van der Waals surface area contributed by atoms with E-state index in [-0.39, 0.29) is 6.54 Å². The Hall–Kier alpha value is -3.16. The highest BCUT2D eigenvalue weighted by Crippen LogP contribution is 2.29. The van der Waals surface area contributed by atoms with E-state index in [2.05, 4.69) is 10.6 Å². The SMILES string of the molecule is Cc1ccc([C@]2(C)NC(=O)N(CC(=O)NCc3ccccc3F)C2=O)o1. The van der Waals surface area contributed by atoms with Gasteiger partial charge in [-0.1, -0.05) is 18.2 Å². The van der Waals surface area contributed by atoms with Gasteiger partial charge in [-0.3, -0.25) is 14.5 Å². The van der Waals surface area contributed by atoms with Crippen molar-refractivity contribution in [1.29, 1.82) is 0 Å². The lowest BCUT2D eigenvalue weighted by Crippen LogP contribution is -2.43. The zero-order valence-corrected chi connectivity index (χ0v) is 14.3. The van der Waals surface area contributed by atoms with E-state index in [0.29, 0.717) is 17.1 Å². The van der Waals surface area contributed by atoms with Crippen LogP contribution in [0.3, 0.4) is 0 Å². The second-order valence-electron chi connectivity index (χ2n) is 6.22. The second-order valence-corrected chi connectivity index (χ2v) is 6.22. The molecule has 136 valence electrons. The van der Waals surface area contributed by atoms with Crippen LogP contribution in [0.15, 0.2) is 40.8 Å². The predicted molar refractivity (Wildman–Crippen MR) is 89.3 cm³/mol. The number of carbonyl (C=O) groups is 3. The van der Waals surface area contributed by atoms with Gasteiger partial charge in [0.1, 0.15) is 23.9 Å². The fourth-order valence-corrected chi connectivity index (χ4v) is 2.75. The Bertz CT molecular complexity index is 879. The number of rotatable bonds is 5. The van der Waals surface area contributed by atoms with Crippen molar-refractivity contribution in [2.75, 3.05) is 6.54 Å². The highest BCUT2D eigenvalue weighted by atomic mass is 19.1. The molecule has 1 aromatic heterocycles. The minimum atomic E-state index is -1.36. The number of hydrogen-bond donors (Lipinski definition) is 2. The number of amides is 4. The maximum absolute atomic E-state index is 13.6. The van der Waals surface area contributed by atoms with Crippen molar-refractivity contribution < 1.29 is 23.2 Å². The van der Waals surface area contributed by atoms with Crippen molar-refractivity contribution >= 4 is 17.8 Å². The standard InChI is InChI=1S/C18H18FN3O4/c1-11-7-8-14(26-11)18(2)16(24)22(17(25)21-18)10-15(23)20-9-12-5-3-4-6-13(12)19/h3-8H,9-10H2,1-2H3,(H,20,23)(H,21,25)/t18-/m0/s1. The summed E-state index contributed by atoms with van der Waals surface area (Å²) in [6.45, 7) is 2.74. The smallest absolute Gasteiger partial charge is 0.325 e. The molecule has 2 heterocycles. The lowest BCUT2D eigenvalue weighted by atomic mass is 9.99. The average molecular weight is 359 g/mol. The molecule has 8 heteroatoms. The first-order valence-electron chi connectivity index (χ1n) is 8.02. The van der Waals surface area contributed by atoms with Gasteiger partial charge in [0.2, 0.25) is 5.91 Å². The number of hydrogen-bond acceptors (Lipinski definition) is 4. The summed E-state index contributed by atoms with van der Waals surface area (Å²) in [4.78, 5) is 37.7. The summed E-state index contributed by atoms with van der Waals surface area (Å²) in [5.74, 6) is -0.704. The van der Waals surface area contributed by atoms with Crippen LogP contribution in [-0.2, 0) is 21.7 Å². The van der Waals surface area contributed by atoms with Crippen LogP contribution in [-0.4, -0.2) is 29.3 Å². The number of nitrogens with zero attached hydrogens (tertiary/aromatic N) is 1. The third-order valence-corrected chi connectivity index (χ3v) is 4.24. The Morgan fingerprint density at radius 1 is 1.27 bits per heavy atom. The second kappa shape index (κ2) is 6.62. The molecular formula is C18H18FN3O4. The molecule has 1 fully saturated rings. The lowest BCUT2D eigenvalue weighted by molar-refractivity contribution is -0.135. The Kier molecular flexibility index (Phi) is 4.50. The Morgan fingerprint density at radius 2 is 2.00 bits per heavy atom. The van der Waals surface area contributed by atoms with Crippen LogP contribution in [0.5, 0.6) is 0 Å². The quantitative estimate of drug-likeness (QED) is 0.797. The average Bonchev–Trinajstić information content (AvgIpc) is 3.12. The van der Waals surface area contributed by atoms with Crippen LogP contribution in [0, 0.1) is 12.7 Å². The van der Waals surface area contributed by atoms with Gasteiger partial charge in [0, 0.05) is 12.1 Å². The van der Waals surface area contributed by atoms with Gasteiger partial charge in [0.25, 0.3) is 5.91 Å². The Labute approximate surface area is 149 Å². The van der Waals surface area contributed by atoms with Crippen LogP contribution >= 0.6 is 0 Å². The molecule has 1 aliphatic rings. The van der Waals surface area contributed by atoms with Crippen molar-refractivity contribution in [3.8, 4) is 0 Å². The maximum Gasteiger partial charge on any atom is 0.325 e. The van der Waals surface area contributed by atoms with Crippen LogP contribution in [0.25, 0.3) is 0 Å². The van der Waals surface area contributed by atoms with Crippen LogP contribution in [0.1, 0.15) is 24.0 Å². The summed E-state index contributed by atoms with van der Waals surface area (Å²) in [7, 11) is 0. The molecule has 1 aromatic carbocycles. The monoisotopic (exact) mass is 359 g/mol. The highest BCUT2D eigenvalue weighted by Gasteiger charge is 2.51. The Morgan fingerprint density at radius 3 is 2.65 bits per heavy atom. The van der Waals surface area contributed by atoms with Crippen LogP contribution in [0.4, 0.5) is 9.18 Å². The highest BCUT2D eigenvalue weighted by molar-refractivity contribution is 6.08. The third-order valence-electron chi connectivity index (χ3n) is 4.24. The molecule has 3 rings (SSSR count). The minimum Gasteiger partial charge on any atom is -0.463 e. The van der Waals surface area contributed by atoms with E-state index in [1.54, 1.807) is 37.3 Å². The van der Waals surface area contributed by atoms with E-state index in [1.807, 2.05) is 0 Å². The fourth-order valence-electron chi connectivity index (χ4n) is 2.75. The number of urea groups is 1. The summed E-state index contributed by atoms with van der Waals surface area (Å²) in [5.41, 5.74) is -1.05. The molecule has 4 amide bonds. The number of carbonyl (C=O) groups excluding carboxylic acids is 3. The first-order chi connectivity index (χ1) is 12.3. The first kappa shape index (κ1) is 17.7. The van der Waals surface area contributed by atoms with Gasteiger partial charge in [-0.15, -0.1) is 0 Å². The third kappa shape index (κ3) is 3.17. The van der Waals surface area contributed by atoms with E-state index in [1.165, 1.54) is 13.0 Å². The molecule has 1 aliphatic heterocycles. The first-order valence-corrected chi connectivity index (χ1v) is 8.02. The van der Waals surface area contributed by atoms with E-state index >= 15 is 0 Å². The molecule has 0 unspecified atom stereocenters. The van der Waals surface area contributed by atoms with Crippen molar-refractivity contribution in [2.24, 2.45) is 0 Å². The van der Waals surface area contributed by atoms with E-state index in [0.717, 1.165) is 4.90 Å². The van der Waals surface area contributed by atoms with Crippen molar-refractivity contribution in [3.05, 3.63) is 59.3 Å². The zero-order valence-electron chi connectivity index (χ0n) is 14.3. The number of imide groups is 1. The lowest BCUT2D eigenvalue weighted by Gasteiger charge is -2.19. The van der Waals surface area contributed by atoms with Crippen molar-refractivity contribution in [2.45, 2.75) is 25.9 Å². The molecule has 0 saturated carbocycles. The summed E-state index contributed by atoms with van der Waals surface area (Å²) in [6, 6.07) is 8.63. The van der Waals surface area contributed by atoms with Gasteiger partial charge in [-0.25, -0.2) is 9.18 Å². The molecule has 1 saturated heterocycles. The normalized spacial score (nSPS) is 19.6. The molecule has 0 radical (unpaired) electrons. The number of aryl methyl sites for hydroxylation is 1. The molecule has 26 heavy (non-hydrogen) atoms. The van der Waals surface area contributed by atoms with Gasteiger partial charge >= 0.3 is 6.03 Å². The summed E-state index contributed by atoms with van der Waals surface area (Å²) in [5, 5.41) is 5.05. The summed E-state index contributed by atoms with van der Waals surface area (Å²) < 4.78 is 19.0. The topological polar surface area (TPSA) is 91.7 Å². The van der Waals surface area contributed by atoms with Crippen molar-refractivity contribution in [3.63, 3.8) is 0 Å². The van der Waals surface area contributed by atoms with Gasteiger partial charge in [-0.2, -0.15) is 0 Å². The Balaban J connectivity index is 1.66. The molecule has 0 spiro atoms. The number of benzene rings is 1. The molecule has 1 atom stereocenters. The molecule has 0 aliphatic carbocycles. The van der Waals surface area contributed by atoms with Gasteiger partial charge in [-0.05, 0) is 32.0 Å². The molecule has 7 nitrogen and oxygen atoms in total. The van der Waals surface area contributed by atoms with E-state index in [4.69, 9.17) is 4.42 Å². The fraction of sp³-hybridized carbons (Fsp3) is 0.278.